The second-order valence-electron chi connectivity index (χ2n) is 10.7. The molecule has 0 saturated heterocycles. The first kappa shape index (κ1) is 18.3. The molecule has 33 heavy (non-hydrogen) atoms. The second-order valence-corrected chi connectivity index (χ2v) is 10.7. The van der Waals surface area contributed by atoms with Crippen molar-refractivity contribution in [1.29, 1.82) is 0 Å². The van der Waals surface area contributed by atoms with Gasteiger partial charge in [-0.25, -0.2) is 0 Å². The smallest absolute Gasteiger partial charge is 0.0104 e. The van der Waals surface area contributed by atoms with Crippen molar-refractivity contribution >= 4 is 24.3 Å². The Morgan fingerprint density at radius 2 is 1.00 bits per heavy atom. The molecule has 4 unspecified atom stereocenters. The SMILES string of the molecule is C1=CCC2C(=C3C=c4ccccc4=CC3C23C2C=c4ccccc4=CC2=C2CC=CCC23)C1. The van der Waals surface area contributed by atoms with Gasteiger partial charge in [-0.15, -0.1) is 0 Å². The van der Waals surface area contributed by atoms with Gasteiger partial charge >= 0.3 is 0 Å². The number of fused-ring (bicyclic) bond motifs is 10. The summed E-state index contributed by atoms with van der Waals surface area (Å²) < 4.78 is 0. The third-order valence-electron chi connectivity index (χ3n) is 9.60. The Hall–Kier alpha value is -3.12. The van der Waals surface area contributed by atoms with E-state index in [1.54, 1.807) is 22.3 Å². The summed E-state index contributed by atoms with van der Waals surface area (Å²) in [6.07, 6.45) is 24.9. The molecule has 160 valence electrons. The van der Waals surface area contributed by atoms with E-state index in [1.807, 2.05) is 0 Å². The van der Waals surface area contributed by atoms with E-state index in [0.717, 1.165) is 12.8 Å². The molecule has 0 fully saturated rings. The van der Waals surface area contributed by atoms with Crippen molar-refractivity contribution in [3.8, 4) is 0 Å². The Kier molecular flexibility index (Phi) is 3.60. The van der Waals surface area contributed by atoms with Crippen molar-refractivity contribution in [3.05, 3.63) is 116 Å². The van der Waals surface area contributed by atoms with Gasteiger partial charge < -0.3 is 0 Å². The van der Waals surface area contributed by atoms with E-state index in [0.29, 0.717) is 23.7 Å². The van der Waals surface area contributed by atoms with Crippen LogP contribution in [0.1, 0.15) is 25.7 Å². The van der Waals surface area contributed by atoms with Crippen LogP contribution in [0.15, 0.2) is 95.1 Å². The number of hydrogen-bond acceptors (Lipinski definition) is 0. The van der Waals surface area contributed by atoms with E-state index in [4.69, 9.17) is 0 Å². The van der Waals surface area contributed by atoms with Crippen LogP contribution in [0.4, 0.5) is 0 Å². The third-order valence-corrected chi connectivity index (χ3v) is 9.60. The summed E-state index contributed by atoms with van der Waals surface area (Å²) in [4.78, 5) is 0. The van der Waals surface area contributed by atoms with Gasteiger partial charge in [-0.3, -0.25) is 0 Å². The van der Waals surface area contributed by atoms with Gasteiger partial charge in [-0.1, -0.05) is 108 Å². The van der Waals surface area contributed by atoms with E-state index in [1.165, 1.54) is 33.7 Å². The van der Waals surface area contributed by atoms with Crippen molar-refractivity contribution in [1.82, 2.24) is 0 Å². The minimum Gasteiger partial charge on any atom is -0.0876 e. The summed E-state index contributed by atoms with van der Waals surface area (Å²) in [6, 6.07) is 18.1. The van der Waals surface area contributed by atoms with E-state index in [9.17, 15) is 0 Å². The van der Waals surface area contributed by atoms with Gasteiger partial charge in [0.2, 0.25) is 0 Å². The third kappa shape index (κ3) is 2.22. The summed E-state index contributed by atoms with van der Waals surface area (Å²) in [6.45, 7) is 0. The molecule has 6 aliphatic rings. The van der Waals surface area contributed by atoms with E-state index in [-0.39, 0.29) is 5.41 Å². The molecule has 0 heteroatoms. The molecule has 0 nitrogen and oxygen atoms in total. The normalized spacial score (nSPS) is 34.2. The van der Waals surface area contributed by atoms with Crippen LogP contribution in [0.3, 0.4) is 0 Å². The quantitative estimate of drug-likeness (QED) is 0.553. The Labute approximate surface area is 195 Å². The fraction of sp³-hybridized carbons (Fsp3) is 0.273. The highest BCUT2D eigenvalue weighted by Gasteiger charge is 2.64. The fourth-order valence-electron chi connectivity index (χ4n) is 8.46. The van der Waals surface area contributed by atoms with E-state index in [2.05, 4.69) is 97.1 Å². The zero-order chi connectivity index (χ0) is 21.6. The molecule has 2 aromatic rings. The molecule has 8 rings (SSSR count). The monoisotopic (exact) mass is 424 g/mol. The van der Waals surface area contributed by atoms with Crippen LogP contribution in [-0.2, 0) is 0 Å². The molecule has 0 N–H and O–H groups in total. The maximum atomic E-state index is 2.67. The molecular weight excluding hydrogens is 396 g/mol. The maximum absolute atomic E-state index is 2.67. The average molecular weight is 425 g/mol. The van der Waals surface area contributed by atoms with Crippen molar-refractivity contribution in [2.75, 3.05) is 0 Å². The van der Waals surface area contributed by atoms with E-state index >= 15 is 0 Å². The van der Waals surface area contributed by atoms with Crippen LogP contribution in [0.25, 0.3) is 24.3 Å². The lowest BCUT2D eigenvalue weighted by Crippen LogP contribution is -2.47. The summed E-state index contributed by atoms with van der Waals surface area (Å²) in [7, 11) is 0. The molecule has 0 aliphatic heterocycles. The highest BCUT2D eigenvalue weighted by molar-refractivity contribution is 5.73. The standard InChI is InChI=1S/C33H28/c1-3-11-23-19-31-27(17-21(23)9-1)25-13-5-7-15-29(25)33(31)30-16-8-6-14-26(30)28-18-22-10-2-4-12-24(22)20-32(28)33/h1-12,17-20,29-32H,13-16H2. The molecule has 0 heterocycles. The predicted molar refractivity (Wildman–Crippen MR) is 136 cm³/mol. The first-order chi connectivity index (χ1) is 16.4. The minimum absolute atomic E-state index is 0.221. The van der Waals surface area contributed by atoms with Crippen LogP contribution in [0, 0.1) is 29.1 Å². The van der Waals surface area contributed by atoms with Crippen LogP contribution in [0.5, 0.6) is 0 Å². The zero-order valence-electron chi connectivity index (χ0n) is 18.9. The van der Waals surface area contributed by atoms with Gasteiger partial charge in [0.05, 0.1) is 0 Å². The van der Waals surface area contributed by atoms with Gasteiger partial charge in [0.15, 0.2) is 0 Å². The van der Waals surface area contributed by atoms with Gasteiger partial charge in [-0.05, 0) is 69.5 Å². The molecule has 4 atom stereocenters. The molecule has 0 saturated carbocycles. The van der Waals surface area contributed by atoms with Crippen LogP contribution in [0.2, 0.25) is 0 Å². The van der Waals surface area contributed by atoms with Crippen molar-refractivity contribution in [3.63, 3.8) is 0 Å². The van der Waals surface area contributed by atoms with Crippen LogP contribution < -0.4 is 20.9 Å². The van der Waals surface area contributed by atoms with E-state index < -0.39 is 0 Å². The first-order valence-corrected chi connectivity index (χ1v) is 12.7. The Bertz CT molecular complexity index is 1460. The van der Waals surface area contributed by atoms with Crippen molar-refractivity contribution in [2.24, 2.45) is 29.1 Å². The van der Waals surface area contributed by atoms with Crippen LogP contribution in [-0.4, -0.2) is 0 Å². The highest BCUT2D eigenvalue weighted by atomic mass is 14.7. The van der Waals surface area contributed by atoms with Crippen LogP contribution >= 0.6 is 0 Å². The van der Waals surface area contributed by atoms with Crippen molar-refractivity contribution in [2.45, 2.75) is 25.7 Å². The van der Waals surface area contributed by atoms with Gasteiger partial charge in [0.1, 0.15) is 0 Å². The number of allylic oxidation sites excluding steroid dienone is 8. The highest BCUT2D eigenvalue weighted by Crippen LogP contribution is 2.71. The Balaban J connectivity index is 1.46. The lowest BCUT2D eigenvalue weighted by Gasteiger charge is -2.49. The molecule has 0 bridgehead atoms. The molecule has 0 amide bonds. The fourth-order valence-corrected chi connectivity index (χ4v) is 8.46. The lowest BCUT2D eigenvalue weighted by atomic mass is 9.54. The van der Waals surface area contributed by atoms with Gasteiger partial charge in [0.25, 0.3) is 0 Å². The van der Waals surface area contributed by atoms with Gasteiger partial charge in [0, 0.05) is 17.3 Å². The Morgan fingerprint density at radius 1 is 0.545 bits per heavy atom. The summed E-state index contributed by atoms with van der Waals surface area (Å²) >= 11 is 0. The molecule has 0 radical (unpaired) electrons. The molecule has 0 aromatic heterocycles. The minimum atomic E-state index is 0.221. The molecule has 2 aromatic carbocycles. The molecular formula is C33H28. The number of hydrogen-bond donors (Lipinski definition) is 0. The molecule has 1 spiro atoms. The largest absolute Gasteiger partial charge is 0.0876 e. The van der Waals surface area contributed by atoms with Crippen molar-refractivity contribution < 1.29 is 0 Å². The maximum Gasteiger partial charge on any atom is 0.0104 e. The Morgan fingerprint density at radius 3 is 1.48 bits per heavy atom. The molecule has 6 aliphatic carbocycles. The number of benzene rings is 2. The summed E-state index contributed by atoms with van der Waals surface area (Å²) in [5, 5.41) is 5.67. The first-order valence-electron chi connectivity index (χ1n) is 12.7. The van der Waals surface area contributed by atoms with Gasteiger partial charge in [-0.2, -0.15) is 0 Å². The second kappa shape index (κ2) is 6.48. The zero-order valence-corrected chi connectivity index (χ0v) is 18.9. The summed E-state index contributed by atoms with van der Waals surface area (Å²) in [5.41, 5.74) is 6.97. The predicted octanol–water partition coefficient (Wildman–Crippen LogP) is 4.31. The lowest BCUT2D eigenvalue weighted by molar-refractivity contribution is 0.0877. The number of rotatable bonds is 0. The summed E-state index contributed by atoms with van der Waals surface area (Å²) in [5.74, 6) is 2.26. The topological polar surface area (TPSA) is 0 Å². The average Bonchev–Trinajstić information content (AvgIpc) is 3.32.